The largest absolute Gasteiger partial charge is 0.504 e. The van der Waals surface area contributed by atoms with Gasteiger partial charge in [-0.3, -0.25) is 4.55 Å². The molecule has 0 saturated carbocycles. The fourth-order valence-corrected chi connectivity index (χ4v) is 1.56. The van der Waals surface area contributed by atoms with Crippen molar-refractivity contribution < 1.29 is 23.2 Å². The number of rotatable bonds is 1. The first-order valence-electron chi connectivity index (χ1n) is 4.91. The molecule has 0 atom stereocenters. The maximum atomic E-state index is 10.4. The van der Waals surface area contributed by atoms with E-state index < -0.39 is 10.1 Å². The summed E-state index contributed by atoms with van der Waals surface area (Å²) in [6.07, 6.45) is 0. The van der Waals surface area contributed by atoms with Crippen LogP contribution in [0.1, 0.15) is 0 Å². The fourth-order valence-electron chi connectivity index (χ4n) is 1.06. The molecule has 18 heavy (non-hydrogen) atoms. The first kappa shape index (κ1) is 14.0. The molecule has 2 aromatic rings. The molecule has 0 radical (unpaired) electrons. The Morgan fingerprint density at radius 2 is 1.11 bits per heavy atom. The van der Waals surface area contributed by atoms with Gasteiger partial charge >= 0.3 is 0 Å². The SMILES string of the molecule is O=S(=O)(O)c1ccccc1.Oc1ccccc1O. The van der Waals surface area contributed by atoms with E-state index in [2.05, 4.69) is 0 Å². The van der Waals surface area contributed by atoms with Crippen molar-refractivity contribution in [3.8, 4) is 11.5 Å². The minimum Gasteiger partial charge on any atom is -0.504 e. The Balaban J connectivity index is 0.000000184. The topological polar surface area (TPSA) is 94.8 Å². The summed E-state index contributed by atoms with van der Waals surface area (Å²) in [6, 6.07) is 13.6. The van der Waals surface area contributed by atoms with Gasteiger partial charge < -0.3 is 10.2 Å². The van der Waals surface area contributed by atoms with Crippen LogP contribution in [0, 0.1) is 0 Å². The van der Waals surface area contributed by atoms with E-state index in [1.165, 1.54) is 24.3 Å². The van der Waals surface area contributed by atoms with Gasteiger partial charge in [-0.2, -0.15) is 8.42 Å². The summed E-state index contributed by atoms with van der Waals surface area (Å²) in [4.78, 5) is -0.0741. The molecule has 0 aliphatic carbocycles. The number of benzene rings is 2. The predicted octanol–water partition coefficient (Wildman–Crippen LogP) is 2.03. The minimum atomic E-state index is -4.00. The van der Waals surface area contributed by atoms with Gasteiger partial charge in [-0.1, -0.05) is 30.3 Å². The molecule has 6 heteroatoms. The Kier molecular flexibility index (Phi) is 4.70. The summed E-state index contributed by atoms with van der Waals surface area (Å²) in [5.41, 5.74) is 0. The number of hydrogen-bond acceptors (Lipinski definition) is 4. The molecule has 0 spiro atoms. The van der Waals surface area contributed by atoms with E-state index in [1.54, 1.807) is 30.3 Å². The smallest absolute Gasteiger partial charge is 0.294 e. The maximum Gasteiger partial charge on any atom is 0.294 e. The second-order valence-corrected chi connectivity index (χ2v) is 4.70. The Hall–Kier alpha value is -2.05. The highest BCUT2D eigenvalue weighted by Crippen LogP contribution is 2.21. The lowest BCUT2D eigenvalue weighted by Gasteiger charge is -1.92. The number of aromatic hydroxyl groups is 2. The number of phenolic OH excluding ortho intramolecular Hbond substituents is 2. The third-order valence-corrected chi connectivity index (χ3v) is 2.79. The van der Waals surface area contributed by atoms with Crippen LogP contribution in [0.2, 0.25) is 0 Å². The van der Waals surface area contributed by atoms with E-state index >= 15 is 0 Å². The van der Waals surface area contributed by atoms with Crippen LogP contribution in [0.15, 0.2) is 59.5 Å². The molecule has 0 heterocycles. The maximum absolute atomic E-state index is 10.4. The van der Waals surface area contributed by atoms with Gasteiger partial charge in [0.2, 0.25) is 0 Å². The van der Waals surface area contributed by atoms with Gasteiger partial charge in [0.15, 0.2) is 11.5 Å². The minimum absolute atomic E-state index is 0.0741. The van der Waals surface area contributed by atoms with E-state index in [-0.39, 0.29) is 16.4 Å². The van der Waals surface area contributed by atoms with Crippen LogP contribution < -0.4 is 0 Å². The molecule has 0 unspecified atom stereocenters. The second-order valence-electron chi connectivity index (χ2n) is 3.28. The molecule has 0 saturated heterocycles. The van der Waals surface area contributed by atoms with Crippen LogP contribution >= 0.6 is 0 Å². The zero-order valence-corrected chi connectivity index (χ0v) is 10.1. The molecule has 0 amide bonds. The third-order valence-electron chi connectivity index (χ3n) is 1.92. The van der Waals surface area contributed by atoms with Crippen LogP contribution in [0.3, 0.4) is 0 Å². The van der Waals surface area contributed by atoms with Gasteiger partial charge in [-0.15, -0.1) is 0 Å². The highest BCUT2D eigenvalue weighted by Gasteiger charge is 2.05. The van der Waals surface area contributed by atoms with Gasteiger partial charge in [0, 0.05) is 0 Å². The molecule has 0 aliphatic rings. The Morgan fingerprint density at radius 3 is 1.39 bits per heavy atom. The van der Waals surface area contributed by atoms with E-state index in [4.69, 9.17) is 14.8 Å². The van der Waals surface area contributed by atoms with Crippen molar-refractivity contribution >= 4 is 10.1 Å². The van der Waals surface area contributed by atoms with Crippen LogP contribution in [0.4, 0.5) is 0 Å². The van der Waals surface area contributed by atoms with Crippen molar-refractivity contribution in [3.05, 3.63) is 54.6 Å². The highest BCUT2D eigenvalue weighted by molar-refractivity contribution is 7.85. The molecule has 96 valence electrons. The van der Waals surface area contributed by atoms with Gasteiger partial charge in [0.05, 0.1) is 4.90 Å². The lowest BCUT2D eigenvalue weighted by atomic mass is 10.3. The number of hydrogen-bond donors (Lipinski definition) is 3. The molecular formula is C12H12O5S. The van der Waals surface area contributed by atoms with Gasteiger partial charge in [-0.25, -0.2) is 0 Å². The van der Waals surface area contributed by atoms with E-state index in [0.717, 1.165) is 0 Å². The molecule has 0 bridgehead atoms. The van der Waals surface area contributed by atoms with Crippen LogP contribution in [0.5, 0.6) is 11.5 Å². The first-order valence-corrected chi connectivity index (χ1v) is 6.35. The summed E-state index contributed by atoms with van der Waals surface area (Å²) in [6.45, 7) is 0. The number of phenols is 2. The van der Waals surface area contributed by atoms with Crippen LogP contribution in [-0.4, -0.2) is 23.2 Å². The normalized spacial score (nSPS) is 10.3. The summed E-state index contributed by atoms with van der Waals surface area (Å²) in [5, 5.41) is 17.3. The average molecular weight is 268 g/mol. The van der Waals surface area contributed by atoms with Crippen molar-refractivity contribution in [3.63, 3.8) is 0 Å². The summed E-state index contributed by atoms with van der Waals surface area (Å²) < 4.78 is 29.2. The molecule has 3 N–H and O–H groups in total. The molecule has 2 rings (SSSR count). The average Bonchev–Trinajstić information content (AvgIpc) is 2.34. The van der Waals surface area contributed by atoms with Crippen molar-refractivity contribution in [2.45, 2.75) is 4.90 Å². The lowest BCUT2D eigenvalue weighted by molar-refractivity contribution is 0.404. The standard InChI is InChI=1S/C6H6O3S.C6H6O2/c7-10(8,9)6-4-2-1-3-5-6;7-5-3-1-2-4-6(5)8/h1-5H,(H,7,8,9);1-4,7-8H. The molecule has 0 aliphatic heterocycles. The predicted molar refractivity (Wildman–Crippen MR) is 66.0 cm³/mol. The van der Waals surface area contributed by atoms with Crippen molar-refractivity contribution in [1.29, 1.82) is 0 Å². The molecular weight excluding hydrogens is 256 g/mol. The Morgan fingerprint density at radius 1 is 0.722 bits per heavy atom. The monoisotopic (exact) mass is 268 g/mol. The van der Waals surface area contributed by atoms with Gasteiger partial charge in [-0.05, 0) is 24.3 Å². The summed E-state index contributed by atoms with van der Waals surface area (Å²) >= 11 is 0. The Labute approximate surface area is 105 Å². The first-order chi connectivity index (χ1) is 8.41. The second kappa shape index (κ2) is 6.04. The van der Waals surface area contributed by atoms with Crippen molar-refractivity contribution in [1.82, 2.24) is 0 Å². The number of para-hydroxylation sites is 2. The lowest BCUT2D eigenvalue weighted by Crippen LogP contribution is -1.96. The van der Waals surface area contributed by atoms with E-state index in [9.17, 15) is 8.42 Å². The zero-order valence-electron chi connectivity index (χ0n) is 9.26. The van der Waals surface area contributed by atoms with Gasteiger partial charge in [0.25, 0.3) is 10.1 Å². The highest BCUT2D eigenvalue weighted by atomic mass is 32.2. The third kappa shape index (κ3) is 4.44. The fraction of sp³-hybridized carbons (Fsp3) is 0. The quantitative estimate of drug-likeness (QED) is 0.543. The Bertz CT molecular complexity index is 572. The van der Waals surface area contributed by atoms with E-state index in [0.29, 0.717) is 0 Å². The van der Waals surface area contributed by atoms with Gasteiger partial charge in [0.1, 0.15) is 0 Å². The zero-order chi connectivity index (χ0) is 13.6. The molecule has 5 nitrogen and oxygen atoms in total. The molecule has 0 aromatic heterocycles. The summed E-state index contributed by atoms with van der Waals surface area (Å²) in [7, 11) is -4.00. The molecule has 0 fully saturated rings. The van der Waals surface area contributed by atoms with Crippen molar-refractivity contribution in [2.75, 3.05) is 0 Å². The van der Waals surface area contributed by atoms with Crippen molar-refractivity contribution in [2.24, 2.45) is 0 Å². The summed E-state index contributed by atoms with van der Waals surface area (Å²) in [5.74, 6) is -0.153. The van der Waals surface area contributed by atoms with E-state index in [1.807, 2.05) is 0 Å². The van der Waals surface area contributed by atoms with Crippen LogP contribution in [0.25, 0.3) is 0 Å². The molecule has 2 aromatic carbocycles. The van der Waals surface area contributed by atoms with Crippen LogP contribution in [-0.2, 0) is 10.1 Å².